The lowest BCUT2D eigenvalue weighted by Crippen LogP contribution is -2.12. The van der Waals surface area contributed by atoms with E-state index in [0.717, 1.165) is 8.66 Å². The van der Waals surface area contributed by atoms with Gasteiger partial charge in [-0.15, -0.1) is 11.3 Å². The van der Waals surface area contributed by atoms with Gasteiger partial charge in [0.15, 0.2) is 0 Å². The van der Waals surface area contributed by atoms with E-state index in [4.69, 9.17) is 17.3 Å². The molecule has 0 bridgehead atoms. The second kappa shape index (κ2) is 6.89. The van der Waals surface area contributed by atoms with Crippen molar-refractivity contribution < 1.29 is 9.59 Å². The van der Waals surface area contributed by atoms with Crippen LogP contribution in [-0.2, 0) is 4.79 Å². The Hall–Kier alpha value is -1.63. The number of amides is 2. The summed E-state index contributed by atoms with van der Waals surface area (Å²) in [4.78, 5) is 23.8. The highest BCUT2D eigenvalue weighted by atomic mass is 79.9. The Bertz CT molecular complexity index is 728. The van der Waals surface area contributed by atoms with Crippen LogP contribution in [0.4, 0.5) is 5.69 Å². The molecule has 0 fully saturated rings. The van der Waals surface area contributed by atoms with Crippen molar-refractivity contribution in [2.75, 3.05) is 5.32 Å². The monoisotopic (exact) mass is 384 g/mol. The molecular formula is C14H10BrClN2O2S. The molecule has 3 N–H and O–H groups in total. The van der Waals surface area contributed by atoms with Gasteiger partial charge in [0.05, 0.1) is 14.4 Å². The first kappa shape index (κ1) is 15.8. The quantitative estimate of drug-likeness (QED) is 0.783. The zero-order chi connectivity index (χ0) is 15.4. The van der Waals surface area contributed by atoms with Crippen molar-refractivity contribution in [3.63, 3.8) is 0 Å². The molecule has 0 saturated heterocycles. The summed E-state index contributed by atoms with van der Waals surface area (Å²) in [6.45, 7) is 0. The standard InChI is InChI=1S/C14H10BrClN2O2S/c15-12-5-2-9(21-12)3-6-13(19)18-8-1-4-10(14(17)20)11(16)7-8/h1-7H,(H2,17,20)(H,18,19)/b6-3+. The van der Waals surface area contributed by atoms with Gasteiger partial charge in [-0.05, 0) is 52.3 Å². The van der Waals surface area contributed by atoms with Crippen LogP contribution in [0, 0.1) is 0 Å². The normalized spacial score (nSPS) is 10.8. The Morgan fingerprint density at radius 1 is 1.29 bits per heavy atom. The summed E-state index contributed by atoms with van der Waals surface area (Å²) >= 11 is 10.8. The van der Waals surface area contributed by atoms with Crippen LogP contribution in [0.25, 0.3) is 6.08 Å². The van der Waals surface area contributed by atoms with Crippen LogP contribution in [0.5, 0.6) is 0 Å². The molecule has 0 spiro atoms. The van der Waals surface area contributed by atoms with Gasteiger partial charge in [-0.2, -0.15) is 0 Å². The molecule has 21 heavy (non-hydrogen) atoms. The smallest absolute Gasteiger partial charge is 0.250 e. The van der Waals surface area contributed by atoms with Crippen LogP contribution in [0.3, 0.4) is 0 Å². The third-order valence-electron chi connectivity index (χ3n) is 2.50. The van der Waals surface area contributed by atoms with Crippen molar-refractivity contribution in [2.24, 2.45) is 5.73 Å². The maximum Gasteiger partial charge on any atom is 0.250 e. The molecule has 0 saturated carbocycles. The van der Waals surface area contributed by atoms with Crippen LogP contribution < -0.4 is 11.1 Å². The van der Waals surface area contributed by atoms with E-state index in [9.17, 15) is 9.59 Å². The largest absolute Gasteiger partial charge is 0.366 e. The lowest BCUT2D eigenvalue weighted by molar-refractivity contribution is -0.111. The number of primary amides is 1. The molecule has 0 aliphatic rings. The third-order valence-corrected chi connectivity index (χ3v) is 4.40. The van der Waals surface area contributed by atoms with Crippen LogP contribution in [0.15, 0.2) is 40.2 Å². The Labute approximate surface area is 138 Å². The maximum absolute atomic E-state index is 11.8. The fraction of sp³-hybridized carbons (Fsp3) is 0. The number of nitrogens with one attached hydrogen (secondary N) is 1. The molecule has 0 aliphatic heterocycles. The average molecular weight is 386 g/mol. The minimum Gasteiger partial charge on any atom is -0.366 e. The van der Waals surface area contributed by atoms with Gasteiger partial charge in [-0.25, -0.2) is 0 Å². The van der Waals surface area contributed by atoms with E-state index in [1.807, 2.05) is 12.1 Å². The fourth-order valence-corrected chi connectivity index (χ4v) is 3.15. The van der Waals surface area contributed by atoms with Crippen molar-refractivity contribution in [1.29, 1.82) is 0 Å². The predicted octanol–water partition coefficient (Wildman–Crippen LogP) is 3.91. The number of nitrogens with two attached hydrogens (primary N) is 1. The zero-order valence-corrected chi connectivity index (χ0v) is 13.8. The third kappa shape index (κ3) is 4.42. The van der Waals surface area contributed by atoms with E-state index in [2.05, 4.69) is 21.2 Å². The molecule has 1 aromatic carbocycles. The number of anilines is 1. The Morgan fingerprint density at radius 3 is 2.62 bits per heavy atom. The van der Waals surface area contributed by atoms with Crippen molar-refractivity contribution in [2.45, 2.75) is 0 Å². The van der Waals surface area contributed by atoms with E-state index in [-0.39, 0.29) is 16.5 Å². The number of halogens is 2. The number of carbonyl (C=O) groups is 2. The summed E-state index contributed by atoms with van der Waals surface area (Å²) in [6.07, 6.45) is 3.14. The van der Waals surface area contributed by atoms with Crippen molar-refractivity contribution in [3.05, 3.63) is 55.7 Å². The summed E-state index contributed by atoms with van der Waals surface area (Å²) in [5.74, 6) is -0.900. The van der Waals surface area contributed by atoms with Gasteiger partial charge in [0.2, 0.25) is 11.8 Å². The average Bonchev–Trinajstić information content (AvgIpc) is 2.82. The molecule has 1 aromatic heterocycles. The van der Waals surface area contributed by atoms with Crippen LogP contribution in [0.1, 0.15) is 15.2 Å². The number of hydrogen-bond acceptors (Lipinski definition) is 3. The topological polar surface area (TPSA) is 72.2 Å². The number of thiophene rings is 1. The first-order valence-electron chi connectivity index (χ1n) is 5.79. The van der Waals surface area contributed by atoms with E-state index in [1.54, 1.807) is 12.1 Å². The highest BCUT2D eigenvalue weighted by Gasteiger charge is 2.07. The molecule has 0 unspecified atom stereocenters. The van der Waals surface area contributed by atoms with Gasteiger partial charge in [0, 0.05) is 16.6 Å². The second-order valence-corrected chi connectivity index (χ2v) is 6.93. The molecule has 108 valence electrons. The van der Waals surface area contributed by atoms with E-state index in [0.29, 0.717) is 5.69 Å². The first-order valence-corrected chi connectivity index (χ1v) is 7.78. The Morgan fingerprint density at radius 2 is 2.05 bits per heavy atom. The molecule has 0 atom stereocenters. The Balaban J connectivity index is 2.04. The molecule has 2 amide bonds. The minimum atomic E-state index is -0.610. The SMILES string of the molecule is NC(=O)c1ccc(NC(=O)/C=C/c2ccc(Br)s2)cc1Cl. The van der Waals surface area contributed by atoms with Crippen molar-refractivity contribution in [1.82, 2.24) is 0 Å². The van der Waals surface area contributed by atoms with Crippen LogP contribution in [0.2, 0.25) is 5.02 Å². The molecule has 2 aromatic rings. The minimum absolute atomic E-state index is 0.200. The zero-order valence-electron chi connectivity index (χ0n) is 10.6. The van der Waals surface area contributed by atoms with E-state index in [1.165, 1.54) is 29.5 Å². The number of hydrogen-bond donors (Lipinski definition) is 2. The lowest BCUT2D eigenvalue weighted by Gasteiger charge is -2.05. The number of carbonyl (C=O) groups excluding carboxylic acids is 2. The van der Waals surface area contributed by atoms with Gasteiger partial charge in [-0.3, -0.25) is 9.59 Å². The van der Waals surface area contributed by atoms with Gasteiger partial charge in [-0.1, -0.05) is 11.6 Å². The molecular weight excluding hydrogens is 376 g/mol. The van der Waals surface area contributed by atoms with Crippen LogP contribution >= 0.6 is 38.9 Å². The number of rotatable bonds is 4. The second-order valence-electron chi connectivity index (χ2n) is 4.02. The lowest BCUT2D eigenvalue weighted by atomic mass is 10.2. The highest BCUT2D eigenvalue weighted by Crippen LogP contribution is 2.23. The van der Waals surface area contributed by atoms with Gasteiger partial charge >= 0.3 is 0 Å². The summed E-state index contributed by atoms with van der Waals surface area (Å²) in [5, 5.41) is 2.86. The number of benzene rings is 1. The molecule has 0 aliphatic carbocycles. The van der Waals surface area contributed by atoms with Crippen molar-refractivity contribution >= 4 is 62.4 Å². The Kier molecular flexibility index (Phi) is 5.17. The highest BCUT2D eigenvalue weighted by molar-refractivity contribution is 9.11. The maximum atomic E-state index is 11.8. The molecule has 4 nitrogen and oxygen atoms in total. The van der Waals surface area contributed by atoms with Gasteiger partial charge in [0.25, 0.3) is 0 Å². The summed E-state index contributed by atoms with van der Waals surface area (Å²) in [6, 6.07) is 8.33. The molecule has 7 heteroatoms. The van der Waals surface area contributed by atoms with Gasteiger partial charge in [0.1, 0.15) is 0 Å². The fourth-order valence-electron chi connectivity index (χ4n) is 1.55. The molecule has 0 radical (unpaired) electrons. The van der Waals surface area contributed by atoms with E-state index >= 15 is 0 Å². The summed E-state index contributed by atoms with van der Waals surface area (Å²) < 4.78 is 0.997. The summed E-state index contributed by atoms with van der Waals surface area (Å²) in [7, 11) is 0. The van der Waals surface area contributed by atoms with E-state index < -0.39 is 5.91 Å². The van der Waals surface area contributed by atoms with Crippen molar-refractivity contribution in [3.8, 4) is 0 Å². The molecule has 2 rings (SSSR count). The van der Waals surface area contributed by atoms with Gasteiger partial charge < -0.3 is 11.1 Å². The predicted molar refractivity (Wildman–Crippen MR) is 89.7 cm³/mol. The molecule has 1 heterocycles. The summed E-state index contributed by atoms with van der Waals surface area (Å²) in [5.41, 5.74) is 5.86. The van der Waals surface area contributed by atoms with Crippen LogP contribution in [-0.4, -0.2) is 11.8 Å². The first-order chi connectivity index (χ1) is 9.95.